The van der Waals surface area contributed by atoms with Crippen molar-refractivity contribution in [2.45, 2.75) is 32.1 Å². The minimum absolute atomic E-state index is 0.0595. The molecule has 1 amide bonds. The number of amides is 1. The summed E-state index contributed by atoms with van der Waals surface area (Å²) in [5.74, 6) is 2.67. The van der Waals surface area contributed by atoms with Gasteiger partial charge in [0.2, 0.25) is 6.79 Å². The van der Waals surface area contributed by atoms with Gasteiger partial charge in [0.1, 0.15) is 0 Å². The first kappa shape index (κ1) is 14.2. The Morgan fingerprint density at radius 3 is 2.82 bits per heavy atom. The molecule has 0 unspecified atom stereocenters. The molecular weight excluding hydrogens is 302 g/mol. The van der Waals surface area contributed by atoms with Crippen molar-refractivity contribution in [2.75, 3.05) is 19.9 Å². The van der Waals surface area contributed by atoms with E-state index in [0.717, 1.165) is 25.4 Å². The van der Waals surface area contributed by atoms with E-state index in [9.17, 15) is 4.79 Å². The van der Waals surface area contributed by atoms with Crippen molar-refractivity contribution in [1.29, 1.82) is 0 Å². The van der Waals surface area contributed by atoms with E-state index in [2.05, 4.69) is 0 Å². The first-order chi connectivity index (χ1) is 10.7. The van der Waals surface area contributed by atoms with Gasteiger partial charge in [-0.15, -0.1) is 0 Å². The molecule has 1 aliphatic carbocycles. The number of nitrogens with zero attached hydrogens (tertiary/aromatic N) is 1. The third-order valence-corrected chi connectivity index (χ3v) is 5.53. The van der Waals surface area contributed by atoms with Gasteiger partial charge in [-0.3, -0.25) is 4.79 Å². The molecule has 2 aliphatic heterocycles. The smallest absolute Gasteiger partial charge is 0.254 e. The zero-order valence-corrected chi connectivity index (χ0v) is 13.3. The molecule has 1 aromatic carbocycles. The summed E-state index contributed by atoms with van der Waals surface area (Å²) in [7, 11) is 0. The average molecular weight is 322 g/mol. The third kappa shape index (κ3) is 2.43. The van der Waals surface area contributed by atoms with Crippen LogP contribution < -0.4 is 9.47 Å². The molecule has 2 heterocycles. The van der Waals surface area contributed by atoms with E-state index in [-0.39, 0.29) is 12.7 Å². The van der Waals surface area contributed by atoms with E-state index in [1.165, 1.54) is 25.7 Å². The molecule has 5 heteroatoms. The molecule has 4 rings (SSSR count). The molecule has 2 fully saturated rings. The van der Waals surface area contributed by atoms with Crippen molar-refractivity contribution in [3.63, 3.8) is 0 Å². The Hall–Kier alpha value is -1.42. The number of piperidine rings is 1. The van der Waals surface area contributed by atoms with Crippen molar-refractivity contribution >= 4 is 17.5 Å². The Morgan fingerprint density at radius 1 is 1.14 bits per heavy atom. The Kier molecular flexibility index (Phi) is 3.65. The van der Waals surface area contributed by atoms with Crippen LogP contribution >= 0.6 is 11.6 Å². The van der Waals surface area contributed by atoms with Gasteiger partial charge in [-0.05, 0) is 36.8 Å². The number of halogens is 1. The van der Waals surface area contributed by atoms with Crippen LogP contribution in [0.1, 0.15) is 42.5 Å². The average Bonchev–Trinajstić information content (AvgIpc) is 3.03. The van der Waals surface area contributed by atoms with Gasteiger partial charge in [-0.1, -0.05) is 30.9 Å². The first-order valence-corrected chi connectivity index (χ1v) is 8.48. The van der Waals surface area contributed by atoms with E-state index in [0.29, 0.717) is 28.0 Å². The van der Waals surface area contributed by atoms with Crippen LogP contribution in [0.3, 0.4) is 0 Å². The van der Waals surface area contributed by atoms with E-state index < -0.39 is 0 Å². The van der Waals surface area contributed by atoms with Gasteiger partial charge < -0.3 is 14.4 Å². The second-order valence-electron chi connectivity index (χ2n) is 6.54. The largest absolute Gasteiger partial charge is 0.454 e. The van der Waals surface area contributed by atoms with E-state index in [4.69, 9.17) is 21.1 Å². The predicted octanol–water partition coefficient (Wildman–Crippen LogP) is 3.72. The van der Waals surface area contributed by atoms with Crippen molar-refractivity contribution in [3.8, 4) is 11.5 Å². The van der Waals surface area contributed by atoms with Crippen molar-refractivity contribution in [1.82, 2.24) is 4.90 Å². The number of benzene rings is 1. The molecule has 1 saturated carbocycles. The fourth-order valence-corrected chi connectivity index (χ4v) is 4.32. The lowest BCUT2D eigenvalue weighted by atomic mass is 9.75. The maximum absolute atomic E-state index is 12.8. The predicted molar refractivity (Wildman–Crippen MR) is 83.5 cm³/mol. The number of hydrogen-bond acceptors (Lipinski definition) is 3. The van der Waals surface area contributed by atoms with Crippen LogP contribution in [0.4, 0.5) is 0 Å². The highest BCUT2D eigenvalue weighted by molar-refractivity contribution is 6.32. The summed E-state index contributed by atoms with van der Waals surface area (Å²) in [5, 5.41) is 0.450. The summed E-state index contributed by atoms with van der Waals surface area (Å²) in [6.07, 6.45) is 6.39. The second kappa shape index (κ2) is 5.65. The quantitative estimate of drug-likeness (QED) is 0.791. The van der Waals surface area contributed by atoms with Gasteiger partial charge in [-0.2, -0.15) is 0 Å². The first-order valence-electron chi connectivity index (χ1n) is 8.11. The highest BCUT2D eigenvalue weighted by atomic mass is 35.5. The van der Waals surface area contributed by atoms with Gasteiger partial charge in [0, 0.05) is 18.7 Å². The maximum atomic E-state index is 12.8. The molecule has 3 aliphatic rings. The summed E-state index contributed by atoms with van der Waals surface area (Å²) < 4.78 is 10.7. The molecule has 0 N–H and O–H groups in total. The monoisotopic (exact) mass is 321 g/mol. The molecule has 2 atom stereocenters. The Balaban J connectivity index is 1.53. The standard InChI is InChI=1S/C17H20ClNO3/c18-14-7-13(8-15-16(14)22-10-21-15)17(20)19-6-5-11-3-1-2-4-12(11)9-19/h7-8,11-12H,1-6,9-10H2/t11-,12+/m0/s1. The topological polar surface area (TPSA) is 38.8 Å². The van der Waals surface area contributed by atoms with Crippen molar-refractivity contribution in [2.24, 2.45) is 11.8 Å². The van der Waals surface area contributed by atoms with Crippen LogP contribution in [-0.2, 0) is 0 Å². The highest BCUT2D eigenvalue weighted by Crippen LogP contribution is 2.41. The number of carbonyl (C=O) groups excluding carboxylic acids is 1. The van der Waals surface area contributed by atoms with Gasteiger partial charge in [-0.25, -0.2) is 0 Å². The van der Waals surface area contributed by atoms with E-state index in [1.807, 2.05) is 4.90 Å². The molecule has 118 valence electrons. The Morgan fingerprint density at radius 2 is 1.95 bits per heavy atom. The molecule has 1 saturated heterocycles. The second-order valence-corrected chi connectivity index (χ2v) is 6.94. The summed E-state index contributed by atoms with van der Waals surface area (Å²) >= 11 is 6.19. The van der Waals surface area contributed by atoms with Crippen molar-refractivity contribution < 1.29 is 14.3 Å². The normalized spacial score (nSPS) is 26.7. The lowest BCUT2D eigenvalue weighted by Crippen LogP contribution is -2.44. The number of fused-ring (bicyclic) bond motifs is 2. The molecule has 0 aromatic heterocycles. The summed E-state index contributed by atoms with van der Waals surface area (Å²) in [6, 6.07) is 3.45. The van der Waals surface area contributed by atoms with Gasteiger partial charge in [0.05, 0.1) is 5.02 Å². The minimum Gasteiger partial charge on any atom is -0.454 e. The molecule has 0 radical (unpaired) electrons. The fourth-order valence-electron chi connectivity index (χ4n) is 4.06. The lowest BCUT2D eigenvalue weighted by molar-refractivity contribution is 0.0520. The number of likely N-dealkylation sites (tertiary alicyclic amines) is 1. The fraction of sp³-hybridized carbons (Fsp3) is 0.588. The Labute approximate surface area is 135 Å². The zero-order chi connectivity index (χ0) is 15.1. The molecule has 0 spiro atoms. The van der Waals surface area contributed by atoms with Gasteiger partial charge in [0.15, 0.2) is 11.5 Å². The van der Waals surface area contributed by atoms with Crippen LogP contribution in [-0.4, -0.2) is 30.7 Å². The summed E-state index contributed by atoms with van der Waals surface area (Å²) in [5.41, 5.74) is 0.600. The van der Waals surface area contributed by atoms with Crippen LogP contribution in [0, 0.1) is 11.8 Å². The number of carbonyl (C=O) groups is 1. The number of hydrogen-bond donors (Lipinski definition) is 0. The summed E-state index contributed by atoms with van der Waals surface area (Å²) in [4.78, 5) is 14.8. The zero-order valence-electron chi connectivity index (χ0n) is 12.5. The SMILES string of the molecule is O=C(c1cc(Cl)c2c(c1)OCO2)N1CC[C@@H]2CCCC[C@@H]2C1. The summed E-state index contributed by atoms with van der Waals surface area (Å²) in [6.45, 7) is 1.90. The molecule has 22 heavy (non-hydrogen) atoms. The third-order valence-electron chi connectivity index (χ3n) is 5.25. The van der Waals surface area contributed by atoms with E-state index >= 15 is 0 Å². The van der Waals surface area contributed by atoms with E-state index in [1.54, 1.807) is 12.1 Å². The van der Waals surface area contributed by atoms with Crippen LogP contribution in [0.25, 0.3) is 0 Å². The number of rotatable bonds is 1. The van der Waals surface area contributed by atoms with Crippen LogP contribution in [0.2, 0.25) is 5.02 Å². The highest BCUT2D eigenvalue weighted by Gasteiger charge is 2.33. The molecular formula is C17H20ClNO3. The molecule has 0 bridgehead atoms. The van der Waals surface area contributed by atoms with Crippen molar-refractivity contribution in [3.05, 3.63) is 22.7 Å². The van der Waals surface area contributed by atoms with Gasteiger partial charge in [0.25, 0.3) is 5.91 Å². The minimum atomic E-state index is 0.0595. The molecule has 4 nitrogen and oxygen atoms in total. The van der Waals surface area contributed by atoms with Crippen LogP contribution in [0.5, 0.6) is 11.5 Å². The number of ether oxygens (including phenoxy) is 2. The van der Waals surface area contributed by atoms with Crippen LogP contribution in [0.15, 0.2) is 12.1 Å². The Bertz CT molecular complexity index is 604. The maximum Gasteiger partial charge on any atom is 0.254 e. The lowest BCUT2D eigenvalue weighted by Gasteiger charge is -2.41. The van der Waals surface area contributed by atoms with Gasteiger partial charge >= 0.3 is 0 Å². The molecule has 1 aromatic rings.